The van der Waals surface area contributed by atoms with Crippen molar-refractivity contribution in [3.63, 3.8) is 0 Å². The zero-order valence-electron chi connectivity index (χ0n) is 6.69. The monoisotopic (exact) mass is 182 g/mol. The molecule has 4 heteroatoms. The van der Waals surface area contributed by atoms with E-state index in [9.17, 15) is 4.79 Å². The number of hydrogen-bond acceptors (Lipinski definition) is 3. The number of hydrogen-bond donors (Lipinski definition) is 0. The summed E-state index contributed by atoms with van der Waals surface area (Å²) < 4.78 is 0. The molecule has 1 amide bonds. The minimum absolute atomic E-state index is 0.139. The highest BCUT2D eigenvalue weighted by Gasteiger charge is 2.12. The number of amides is 1. The first-order valence-electron chi connectivity index (χ1n) is 3.79. The van der Waals surface area contributed by atoms with Crippen molar-refractivity contribution in [3.05, 3.63) is 11.6 Å². The molecular weight excluding hydrogens is 172 g/mol. The van der Waals surface area contributed by atoms with E-state index in [2.05, 4.69) is 6.07 Å². The molecule has 1 aliphatic rings. The predicted octanol–water partition coefficient (Wildman–Crippen LogP) is 1.34. The Morgan fingerprint density at radius 1 is 1.75 bits per heavy atom. The van der Waals surface area contributed by atoms with E-state index >= 15 is 0 Å². The number of nitrogens with zero attached hydrogens (tertiary/aromatic N) is 2. The molecule has 0 saturated carbocycles. The topological polar surface area (TPSA) is 44.1 Å². The van der Waals surface area contributed by atoms with Crippen LogP contribution in [0.3, 0.4) is 0 Å². The summed E-state index contributed by atoms with van der Waals surface area (Å²) in [6.07, 6.45) is 3.07. The molecule has 0 saturated heterocycles. The lowest BCUT2D eigenvalue weighted by molar-refractivity contribution is -0.126. The van der Waals surface area contributed by atoms with Gasteiger partial charge in [-0.05, 0) is 11.8 Å². The van der Waals surface area contributed by atoms with Crippen LogP contribution < -0.4 is 0 Å². The van der Waals surface area contributed by atoms with E-state index in [0.717, 1.165) is 6.42 Å². The minimum atomic E-state index is 0.139. The average molecular weight is 182 g/mol. The van der Waals surface area contributed by atoms with Gasteiger partial charge < -0.3 is 4.90 Å². The molecule has 3 nitrogen and oxygen atoms in total. The van der Waals surface area contributed by atoms with Gasteiger partial charge >= 0.3 is 0 Å². The molecule has 1 rings (SSSR count). The Kier molecular flexibility index (Phi) is 3.68. The van der Waals surface area contributed by atoms with Crippen molar-refractivity contribution in [1.29, 1.82) is 5.26 Å². The van der Waals surface area contributed by atoms with Crippen LogP contribution in [0.4, 0.5) is 0 Å². The van der Waals surface area contributed by atoms with Gasteiger partial charge in [-0.3, -0.25) is 4.79 Å². The SMILES string of the molecule is N#CCCCN1C=CSCC1=O. The molecule has 1 heterocycles. The summed E-state index contributed by atoms with van der Waals surface area (Å²) >= 11 is 1.51. The predicted molar refractivity (Wildman–Crippen MR) is 48.2 cm³/mol. The fourth-order valence-electron chi connectivity index (χ4n) is 0.930. The van der Waals surface area contributed by atoms with Crippen molar-refractivity contribution in [2.45, 2.75) is 12.8 Å². The highest BCUT2D eigenvalue weighted by molar-refractivity contribution is 8.02. The van der Waals surface area contributed by atoms with Crippen molar-refractivity contribution in [2.24, 2.45) is 0 Å². The smallest absolute Gasteiger partial charge is 0.236 e. The average Bonchev–Trinajstić information content (AvgIpc) is 2.09. The van der Waals surface area contributed by atoms with Crippen LogP contribution in [0.5, 0.6) is 0 Å². The highest BCUT2D eigenvalue weighted by atomic mass is 32.2. The lowest BCUT2D eigenvalue weighted by atomic mass is 10.3. The van der Waals surface area contributed by atoms with Gasteiger partial charge in [0.15, 0.2) is 0 Å². The van der Waals surface area contributed by atoms with Crippen LogP contribution in [-0.2, 0) is 4.79 Å². The summed E-state index contributed by atoms with van der Waals surface area (Å²) in [5.74, 6) is 0.670. The third-order valence-corrected chi connectivity index (χ3v) is 2.28. The van der Waals surface area contributed by atoms with Gasteiger partial charge in [0.2, 0.25) is 5.91 Å². The van der Waals surface area contributed by atoms with Crippen molar-refractivity contribution in [3.8, 4) is 6.07 Å². The van der Waals surface area contributed by atoms with E-state index in [1.807, 2.05) is 5.41 Å². The quantitative estimate of drug-likeness (QED) is 0.618. The van der Waals surface area contributed by atoms with Gasteiger partial charge in [0.05, 0.1) is 11.8 Å². The Hall–Kier alpha value is -0.950. The first kappa shape index (κ1) is 9.14. The van der Waals surface area contributed by atoms with Crippen LogP contribution in [0, 0.1) is 11.3 Å². The fourth-order valence-corrected chi connectivity index (χ4v) is 1.57. The first-order valence-corrected chi connectivity index (χ1v) is 4.84. The molecule has 0 aliphatic carbocycles. The molecule has 0 aromatic rings. The van der Waals surface area contributed by atoms with Gasteiger partial charge in [0, 0.05) is 19.2 Å². The molecular formula is C8H10N2OS. The van der Waals surface area contributed by atoms with Gasteiger partial charge in [0.1, 0.15) is 0 Å². The number of carbonyl (C=O) groups excluding carboxylic acids is 1. The van der Waals surface area contributed by atoms with Crippen LogP contribution in [-0.4, -0.2) is 23.1 Å². The Balaban J connectivity index is 2.31. The number of rotatable bonds is 3. The maximum absolute atomic E-state index is 11.2. The van der Waals surface area contributed by atoms with Crippen LogP contribution >= 0.6 is 11.8 Å². The molecule has 0 atom stereocenters. The van der Waals surface area contributed by atoms with E-state index in [-0.39, 0.29) is 5.91 Å². The molecule has 64 valence electrons. The number of unbranched alkanes of at least 4 members (excludes halogenated alkanes) is 1. The number of nitriles is 1. The number of carbonyl (C=O) groups is 1. The fraction of sp³-hybridized carbons (Fsp3) is 0.500. The third kappa shape index (κ3) is 2.59. The van der Waals surface area contributed by atoms with E-state index in [1.54, 1.807) is 11.1 Å². The molecule has 0 unspecified atom stereocenters. The third-order valence-electron chi connectivity index (χ3n) is 1.55. The second kappa shape index (κ2) is 4.83. The maximum atomic E-state index is 11.2. The van der Waals surface area contributed by atoms with Crippen molar-refractivity contribution >= 4 is 17.7 Å². The van der Waals surface area contributed by atoms with Crippen molar-refractivity contribution < 1.29 is 4.79 Å². The molecule has 0 aromatic heterocycles. The lowest BCUT2D eigenvalue weighted by Gasteiger charge is -2.20. The second-order valence-electron chi connectivity index (χ2n) is 2.44. The van der Waals surface area contributed by atoms with Crippen molar-refractivity contribution in [2.75, 3.05) is 12.3 Å². The minimum Gasteiger partial charge on any atom is -0.318 e. The summed E-state index contributed by atoms with van der Waals surface area (Å²) in [6.45, 7) is 0.670. The molecule has 0 aromatic carbocycles. The second-order valence-corrected chi connectivity index (χ2v) is 3.34. The van der Waals surface area contributed by atoms with Gasteiger partial charge in [-0.15, -0.1) is 11.8 Å². The molecule has 0 radical (unpaired) electrons. The standard InChI is InChI=1S/C8H10N2OS/c9-3-1-2-4-10-5-6-12-7-8(10)11/h5-6H,1-2,4,7H2. The highest BCUT2D eigenvalue weighted by Crippen LogP contribution is 2.12. The molecule has 1 aliphatic heterocycles. The van der Waals surface area contributed by atoms with Crippen LogP contribution in [0.15, 0.2) is 11.6 Å². The maximum Gasteiger partial charge on any atom is 0.236 e. The number of thioether (sulfide) groups is 1. The summed E-state index contributed by atoms with van der Waals surface area (Å²) in [6, 6.07) is 2.05. The molecule has 12 heavy (non-hydrogen) atoms. The Bertz CT molecular complexity index is 232. The van der Waals surface area contributed by atoms with Crippen LogP contribution in [0.2, 0.25) is 0 Å². The molecule has 0 fully saturated rings. The van der Waals surface area contributed by atoms with Gasteiger partial charge in [0.25, 0.3) is 0 Å². The van der Waals surface area contributed by atoms with Gasteiger partial charge in [-0.1, -0.05) is 0 Å². The van der Waals surface area contributed by atoms with E-state index < -0.39 is 0 Å². The van der Waals surface area contributed by atoms with Crippen molar-refractivity contribution in [1.82, 2.24) is 4.90 Å². The van der Waals surface area contributed by atoms with Crippen LogP contribution in [0.25, 0.3) is 0 Å². The summed E-state index contributed by atoms with van der Waals surface area (Å²) in [4.78, 5) is 12.8. The van der Waals surface area contributed by atoms with E-state index in [1.165, 1.54) is 11.8 Å². The Morgan fingerprint density at radius 2 is 2.58 bits per heavy atom. The Labute approximate surface area is 76.0 Å². The van der Waals surface area contributed by atoms with Gasteiger partial charge in [-0.2, -0.15) is 5.26 Å². The Morgan fingerprint density at radius 3 is 3.25 bits per heavy atom. The normalized spacial score (nSPS) is 16.2. The summed E-state index contributed by atoms with van der Waals surface area (Å²) in [5, 5.41) is 10.2. The van der Waals surface area contributed by atoms with E-state index in [0.29, 0.717) is 18.7 Å². The summed E-state index contributed by atoms with van der Waals surface area (Å²) in [7, 11) is 0. The van der Waals surface area contributed by atoms with E-state index in [4.69, 9.17) is 5.26 Å². The lowest BCUT2D eigenvalue weighted by Crippen LogP contribution is -2.29. The van der Waals surface area contributed by atoms with Gasteiger partial charge in [-0.25, -0.2) is 0 Å². The zero-order valence-corrected chi connectivity index (χ0v) is 7.51. The first-order chi connectivity index (χ1) is 5.84. The summed E-state index contributed by atoms with van der Waals surface area (Å²) in [5.41, 5.74) is 0. The van der Waals surface area contributed by atoms with Crippen LogP contribution in [0.1, 0.15) is 12.8 Å². The largest absolute Gasteiger partial charge is 0.318 e. The zero-order chi connectivity index (χ0) is 8.81. The molecule has 0 N–H and O–H groups in total. The molecule has 0 bridgehead atoms. The molecule has 0 spiro atoms.